The van der Waals surface area contributed by atoms with Gasteiger partial charge in [0.25, 0.3) is 0 Å². The third kappa shape index (κ3) is 2.36. The molecule has 25 heavy (non-hydrogen) atoms. The van der Waals surface area contributed by atoms with Crippen LogP contribution in [0, 0.1) is 34.5 Å². The summed E-state index contributed by atoms with van der Waals surface area (Å²) >= 11 is 0. The van der Waals surface area contributed by atoms with E-state index < -0.39 is 6.10 Å². The van der Waals surface area contributed by atoms with Gasteiger partial charge in [0.05, 0.1) is 25.2 Å². The second kappa shape index (κ2) is 5.82. The number of fused-ring (bicyclic) bond motifs is 5. The van der Waals surface area contributed by atoms with Crippen molar-refractivity contribution in [3.8, 4) is 0 Å². The fourth-order valence-corrected chi connectivity index (χ4v) is 6.99. The van der Waals surface area contributed by atoms with Gasteiger partial charge in [0.2, 0.25) is 0 Å². The minimum Gasteiger partial charge on any atom is -0.469 e. The van der Waals surface area contributed by atoms with Gasteiger partial charge in [0.15, 0.2) is 0 Å². The molecule has 0 aromatic rings. The maximum Gasteiger partial charge on any atom is 0.308 e. The average molecular weight is 348 g/mol. The van der Waals surface area contributed by atoms with Crippen molar-refractivity contribution in [2.24, 2.45) is 34.5 Å². The predicted molar refractivity (Wildman–Crippen MR) is 94.6 cm³/mol. The minimum absolute atomic E-state index is 0.0347. The average Bonchev–Trinajstić information content (AvgIpc) is 2.90. The number of esters is 1. The number of allylic oxidation sites excluding steroid dienone is 1. The fraction of sp³-hybridized carbons (Fsp3) is 0.857. The van der Waals surface area contributed by atoms with Crippen molar-refractivity contribution in [2.75, 3.05) is 7.11 Å². The van der Waals surface area contributed by atoms with E-state index in [4.69, 9.17) is 4.74 Å². The Kier molecular flexibility index (Phi) is 4.08. The van der Waals surface area contributed by atoms with Crippen LogP contribution in [-0.2, 0) is 9.53 Å². The summed E-state index contributed by atoms with van der Waals surface area (Å²) in [6.45, 7) is 4.58. The van der Waals surface area contributed by atoms with Gasteiger partial charge in [-0.25, -0.2) is 0 Å². The smallest absolute Gasteiger partial charge is 0.308 e. The molecule has 3 unspecified atom stereocenters. The summed E-state index contributed by atoms with van der Waals surface area (Å²) in [5, 5.41) is 21.5. The molecule has 4 aliphatic rings. The molecule has 0 aromatic heterocycles. The zero-order valence-electron chi connectivity index (χ0n) is 15.7. The van der Waals surface area contributed by atoms with E-state index in [1.165, 1.54) is 12.7 Å². The highest BCUT2D eigenvalue weighted by atomic mass is 16.5. The molecule has 3 fully saturated rings. The molecule has 0 aromatic carbocycles. The highest BCUT2D eigenvalue weighted by Crippen LogP contribution is 2.65. The van der Waals surface area contributed by atoms with Crippen molar-refractivity contribution in [1.29, 1.82) is 0 Å². The monoisotopic (exact) mass is 348 g/mol. The second-order valence-electron chi connectivity index (χ2n) is 9.49. The first-order chi connectivity index (χ1) is 11.8. The SMILES string of the molecule is COC(=O)C1CC[C@@]2(C)C(=CC(O)[C@@H]3[C@H]2CC[C@]2(C)C(O)CC[C@@H]32)C1. The van der Waals surface area contributed by atoms with Crippen LogP contribution >= 0.6 is 0 Å². The first-order valence-corrected chi connectivity index (χ1v) is 9.96. The third-order valence-electron chi connectivity index (χ3n) is 8.61. The van der Waals surface area contributed by atoms with Crippen LogP contribution in [0.2, 0.25) is 0 Å². The fourth-order valence-electron chi connectivity index (χ4n) is 6.99. The van der Waals surface area contributed by atoms with E-state index in [2.05, 4.69) is 19.9 Å². The molecule has 4 rings (SSSR count). The van der Waals surface area contributed by atoms with E-state index in [9.17, 15) is 15.0 Å². The Hall–Kier alpha value is -0.870. The van der Waals surface area contributed by atoms with Crippen LogP contribution in [-0.4, -0.2) is 35.5 Å². The van der Waals surface area contributed by atoms with E-state index in [-0.39, 0.29) is 34.7 Å². The van der Waals surface area contributed by atoms with Crippen LogP contribution < -0.4 is 0 Å². The topological polar surface area (TPSA) is 66.8 Å². The van der Waals surface area contributed by atoms with Crippen LogP contribution in [0.15, 0.2) is 11.6 Å². The molecule has 4 heteroatoms. The lowest BCUT2D eigenvalue weighted by atomic mass is 9.47. The standard InChI is InChI=1S/C21H32O4/c1-20-8-6-12(19(24)25-3)10-13(20)11-16(22)18-14-4-5-17(23)21(14,2)9-7-15(18)20/h11-12,14-18,22-23H,4-10H2,1-3H3/t12?,14-,15+,16?,17?,18-,20-,21-/m0/s1. The van der Waals surface area contributed by atoms with Crippen LogP contribution in [0.5, 0.6) is 0 Å². The van der Waals surface area contributed by atoms with E-state index in [0.717, 1.165) is 44.9 Å². The van der Waals surface area contributed by atoms with Crippen LogP contribution in [0.4, 0.5) is 0 Å². The lowest BCUT2D eigenvalue weighted by Gasteiger charge is -2.58. The van der Waals surface area contributed by atoms with E-state index >= 15 is 0 Å². The van der Waals surface area contributed by atoms with Crippen molar-refractivity contribution < 1.29 is 19.7 Å². The lowest BCUT2D eigenvalue weighted by Crippen LogP contribution is -2.55. The Labute approximate surface area is 150 Å². The lowest BCUT2D eigenvalue weighted by molar-refractivity contribution is -0.148. The summed E-state index contributed by atoms with van der Waals surface area (Å²) in [7, 11) is 1.46. The van der Waals surface area contributed by atoms with Crippen molar-refractivity contribution in [1.82, 2.24) is 0 Å². The van der Waals surface area contributed by atoms with Gasteiger partial charge in [-0.3, -0.25) is 4.79 Å². The molecule has 0 spiro atoms. The molecule has 2 N–H and O–H groups in total. The molecule has 0 amide bonds. The molecular formula is C21H32O4. The summed E-state index contributed by atoms with van der Waals surface area (Å²) in [6.07, 6.45) is 8.02. The van der Waals surface area contributed by atoms with Crippen LogP contribution in [0.25, 0.3) is 0 Å². The number of hydrogen-bond donors (Lipinski definition) is 2. The van der Waals surface area contributed by atoms with E-state index in [1.54, 1.807) is 0 Å². The molecule has 0 aliphatic heterocycles. The number of aliphatic hydroxyl groups is 2. The van der Waals surface area contributed by atoms with Crippen molar-refractivity contribution in [3.05, 3.63) is 11.6 Å². The summed E-state index contributed by atoms with van der Waals surface area (Å²) in [5.74, 6) is 0.943. The highest BCUT2D eigenvalue weighted by molar-refractivity contribution is 5.73. The quantitative estimate of drug-likeness (QED) is 0.564. The molecule has 4 nitrogen and oxygen atoms in total. The van der Waals surface area contributed by atoms with Crippen LogP contribution in [0.3, 0.4) is 0 Å². The van der Waals surface area contributed by atoms with Crippen molar-refractivity contribution in [2.45, 2.75) is 71.0 Å². The summed E-state index contributed by atoms with van der Waals surface area (Å²) in [6, 6.07) is 0. The minimum atomic E-state index is -0.445. The highest BCUT2D eigenvalue weighted by Gasteiger charge is 2.60. The number of aliphatic hydroxyl groups excluding tert-OH is 2. The molecule has 4 aliphatic carbocycles. The van der Waals surface area contributed by atoms with Gasteiger partial charge in [-0.1, -0.05) is 25.5 Å². The number of carbonyl (C=O) groups is 1. The Bertz CT molecular complexity index is 599. The largest absolute Gasteiger partial charge is 0.469 e. The van der Waals surface area contributed by atoms with Gasteiger partial charge in [0.1, 0.15) is 0 Å². The molecule has 8 atom stereocenters. The Balaban J connectivity index is 1.66. The number of carbonyl (C=O) groups excluding carboxylic acids is 1. The Morgan fingerprint density at radius 1 is 1.12 bits per heavy atom. The van der Waals surface area contributed by atoms with Crippen LogP contribution in [0.1, 0.15) is 58.8 Å². The van der Waals surface area contributed by atoms with Crippen molar-refractivity contribution >= 4 is 5.97 Å². The summed E-state index contributed by atoms with van der Waals surface area (Å²) < 4.78 is 4.96. The number of rotatable bonds is 1. The van der Waals surface area contributed by atoms with Gasteiger partial charge in [-0.2, -0.15) is 0 Å². The maximum absolute atomic E-state index is 12.0. The molecule has 0 heterocycles. The van der Waals surface area contributed by atoms with E-state index in [1.807, 2.05) is 0 Å². The molecule has 0 bridgehead atoms. The molecular weight excluding hydrogens is 316 g/mol. The zero-order valence-corrected chi connectivity index (χ0v) is 15.7. The van der Waals surface area contributed by atoms with Crippen molar-refractivity contribution in [3.63, 3.8) is 0 Å². The Morgan fingerprint density at radius 2 is 1.88 bits per heavy atom. The number of methoxy groups -OCH3 is 1. The summed E-state index contributed by atoms with van der Waals surface area (Å²) in [5.41, 5.74) is 1.32. The number of hydrogen-bond acceptors (Lipinski definition) is 4. The number of ether oxygens (including phenoxy) is 1. The summed E-state index contributed by atoms with van der Waals surface area (Å²) in [4.78, 5) is 12.0. The molecule has 3 saturated carbocycles. The first-order valence-electron chi connectivity index (χ1n) is 9.96. The van der Waals surface area contributed by atoms with Gasteiger partial charge >= 0.3 is 5.97 Å². The first kappa shape index (κ1) is 17.5. The normalized spacial score (nSPS) is 51.8. The van der Waals surface area contributed by atoms with E-state index in [0.29, 0.717) is 11.8 Å². The molecule has 140 valence electrons. The van der Waals surface area contributed by atoms with Gasteiger partial charge in [0, 0.05) is 0 Å². The zero-order chi connectivity index (χ0) is 18.0. The predicted octanol–water partition coefficient (Wildman–Crippen LogP) is 3.07. The Morgan fingerprint density at radius 3 is 2.60 bits per heavy atom. The second-order valence-corrected chi connectivity index (χ2v) is 9.49. The van der Waals surface area contributed by atoms with Gasteiger partial charge in [-0.15, -0.1) is 0 Å². The molecule has 0 radical (unpaired) electrons. The van der Waals surface area contributed by atoms with Gasteiger partial charge in [-0.05, 0) is 73.5 Å². The maximum atomic E-state index is 12.0. The van der Waals surface area contributed by atoms with Gasteiger partial charge < -0.3 is 14.9 Å². The third-order valence-corrected chi connectivity index (χ3v) is 8.61. The molecule has 0 saturated heterocycles.